The number of nitrogens with zero attached hydrogens (tertiary/aromatic N) is 1. The molecule has 1 aromatic carbocycles. The number of benzene rings is 1. The Morgan fingerprint density at radius 1 is 0.889 bits per heavy atom. The fourth-order valence-corrected chi connectivity index (χ4v) is 3.86. The summed E-state index contributed by atoms with van der Waals surface area (Å²) in [5.74, 6) is -0.271. The summed E-state index contributed by atoms with van der Waals surface area (Å²) in [6, 6.07) is 8.02. The van der Waals surface area contributed by atoms with Gasteiger partial charge in [0, 0.05) is 23.6 Å². The maximum absolute atomic E-state index is 11.7. The second-order valence-corrected chi connectivity index (χ2v) is 7.75. The van der Waals surface area contributed by atoms with Gasteiger partial charge in [0.05, 0.1) is 12.7 Å². The van der Waals surface area contributed by atoms with Gasteiger partial charge in [-0.25, -0.2) is 4.79 Å². The Morgan fingerprint density at radius 3 is 2.07 bits per heavy atom. The van der Waals surface area contributed by atoms with Gasteiger partial charge in [-0.05, 0) is 37.1 Å². The molecule has 0 atom stereocenters. The third-order valence-electron chi connectivity index (χ3n) is 5.60. The Morgan fingerprint density at radius 2 is 1.48 bits per heavy atom. The van der Waals surface area contributed by atoms with Crippen molar-refractivity contribution in [3.63, 3.8) is 0 Å². The van der Waals surface area contributed by atoms with Crippen LogP contribution >= 0.6 is 0 Å². The molecule has 0 bridgehead atoms. The fraction of sp³-hybridized carbons (Fsp3) is 0.625. The average Bonchev–Trinajstić information content (AvgIpc) is 3.00. The summed E-state index contributed by atoms with van der Waals surface area (Å²) in [4.78, 5) is 11.7. The monoisotopic (exact) mass is 371 g/mol. The van der Waals surface area contributed by atoms with Crippen LogP contribution in [-0.2, 0) is 18.2 Å². The SMILES string of the molecule is CCCCCCCCCCCCCc1cc2cc(C(=O)OC)ccc2n1C. The normalized spacial score (nSPS) is 11.2. The minimum atomic E-state index is -0.271. The van der Waals surface area contributed by atoms with E-state index in [4.69, 9.17) is 4.74 Å². The molecule has 0 aliphatic heterocycles. The van der Waals surface area contributed by atoms with Gasteiger partial charge in [0.2, 0.25) is 0 Å². The van der Waals surface area contributed by atoms with Crippen LogP contribution in [0.25, 0.3) is 10.9 Å². The Kier molecular flexibility index (Phi) is 9.44. The number of methoxy groups -OCH3 is 1. The van der Waals surface area contributed by atoms with Gasteiger partial charge in [0.25, 0.3) is 0 Å². The molecule has 1 heterocycles. The highest BCUT2D eigenvalue weighted by molar-refractivity contribution is 5.95. The summed E-state index contributed by atoms with van der Waals surface area (Å²) >= 11 is 0. The molecule has 150 valence electrons. The molecular weight excluding hydrogens is 334 g/mol. The zero-order chi connectivity index (χ0) is 19.5. The van der Waals surface area contributed by atoms with Crippen LogP contribution in [0.1, 0.15) is 93.6 Å². The summed E-state index contributed by atoms with van der Waals surface area (Å²) in [6.45, 7) is 2.28. The lowest BCUT2D eigenvalue weighted by Crippen LogP contribution is -2.00. The van der Waals surface area contributed by atoms with E-state index < -0.39 is 0 Å². The third kappa shape index (κ3) is 6.71. The number of carbonyl (C=O) groups excluding carboxylic acids is 1. The van der Waals surface area contributed by atoms with Crippen LogP contribution in [0.3, 0.4) is 0 Å². The van der Waals surface area contributed by atoms with E-state index in [9.17, 15) is 4.79 Å². The number of rotatable bonds is 13. The van der Waals surface area contributed by atoms with Crippen molar-refractivity contribution in [3.05, 3.63) is 35.5 Å². The zero-order valence-corrected chi connectivity index (χ0v) is 17.6. The Bertz CT molecular complexity index is 702. The lowest BCUT2D eigenvalue weighted by atomic mass is 10.0. The highest BCUT2D eigenvalue weighted by Crippen LogP contribution is 2.22. The van der Waals surface area contributed by atoms with E-state index in [0.717, 1.165) is 11.8 Å². The highest BCUT2D eigenvalue weighted by Gasteiger charge is 2.10. The molecule has 0 radical (unpaired) electrons. The van der Waals surface area contributed by atoms with Crippen LogP contribution in [0.15, 0.2) is 24.3 Å². The first kappa shape index (κ1) is 21.5. The molecule has 27 heavy (non-hydrogen) atoms. The van der Waals surface area contributed by atoms with Crippen molar-refractivity contribution < 1.29 is 9.53 Å². The molecule has 0 N–H and O–H groups in total. The molecule has 0 aliphatic rings. The van der Waals surface area contributed by atoms with Crippen LogP contribution in [0.2, 0.25) is 0 Å². The Labute approximate surface area is 165 Å². The number of unbranched alkanes of at least 4 members (excludes halogenated alkanes) is 10. The van der Waals surface area contributed by atoms with Crippen LogP contribution in [0.4, 0.5) is 0 Å². The molecular formula is C24H37NO2. The minimum absolute atomic E-state index is 0.271. The molecule has 0 fully saturated rings. The predicted molar refractivity (Wildman–Crippen MR) is 114 cm³/mol. The van der Waals surface area contributed by atoms with E-state index in [2.05, 4.69) is 24.6 Å². The number of hydrogen-bond donors (Lipinski definition) is 0. The molecule has 0 amide bonds. The van der Waals surface area contributed by atoms with Crippen molar-refractivity contribution in [2.24, 2.45) is 7.05 Å². The van der Waals surface area contributed by atoms with Gasteiger partial charge in [-0.15, -0.1) is 0 Å². The summed E-state index contributed by atoms with van der Waals surface area (Å²) in [5, 5.41) is 1.12. The lowest BCUT2D eigenvalue weighted by molar-refractivity contribution is 0.0601. The third-order valence-corrected chi connectivity index (χ3v) is 5.60. The number of fused-ring (bicyclic) bond motifs is 1. The second-order valence-electron chi connectivity index (χ2n) is 7.75. The summed E-state index contributed by atoms with van der Waals surface area (Å²) < 4.78 is 7.08. The van der Waals surface area contributed by atoms with Crippen molar-refractivity contribution in [2.45, 2.75) is 84.0 Å². The maximum atomic E-state index is 11.7. The maximum Gasteiger partial charge on any atom is 0.337 e. The Hall–Kier alpha value is -1.77. The first-order valence-corrected chi connectivity index (χ1v) is 10.8. The first-order chi connectivity index (χ1) is 13.2. The predicted octanol–water partition coefficient (Wildman–Crippen LogP) is 6.82. The largest absolute Gasteiger partial charge is 0.465 e. The molecule has 2 rings (SSSR count). The summed E-state index contributed by atoms with van der Waals surface area (Å²) in [5.41, 5.74) is 3.15. The lowest BCUT2D eigenvalue weighted by Gasteiger charge is -2.05. The van der Waals surface area contributed by atoms with Gasteiger partial charge in [-0.1, -0.05) is 71.1 Å². The van der Waals surface area contributed by atoms with Crippen molar-refractivity contribution in [1.82, 2.24) is 4.57 Å². The van der Waals surface area contributed by atoms with Crippen molar-refractivity contribution in [3.8, 4) is 0 Å². The molecule has 0 unspecified atom stereocenters. The van der Waals surface area contributed by atoms with Crippen molar-refractivity contribution >= 4 is 16.9 Å². The number of carbonyl (C=O) groups is 1. The summed E-state index contributed by atoms with van der Waals surface area (Å²) in [7, 11) is 3.55. The van der Waals surface area contributed by atoms with E-state index in [1.54, 1.807) is 0 Å². The second kappa shape index (κ2) is 11.8. The van der Waals surface area contributed by atoms with Gasteiger partial charge in [-0.3, -0.25) is 0 Å². The number of aryl methyl sites for hydroxylation is 2. The van der Waals surface area contributed by atoms with Crippen molar-refractivity contribution in [2.75, 3.05) is 7.11 Å². The molecule has 0 aliphatic carbocycles. The topological polar surface area (TPSA) is 31.2 Å². The van der Waals surface area contributed by atoms with Crippen molar-refractivity contribution in [1.29, 1.82) is 0 Å². The van der Waals surface area contributed by atoms with Gasteiger partial charge in [-0.2, -0.15) is 0 Å². The quantitative estimate of drug-likeness (QED) is 0.286. The highest BCUT2D eigenvalue weighted by atomic mass is 16.5. The van der Waals surface area contributed by atoms with Crippen LogP contribution in [-0.4, -0.2) is 17.6 Å². The van der Waals surface area contributed by atoms with E-state index in [0.29, 0.717) is 5.56 Å². The number of esters is 1. The van der Waals surface area contributed by atoms with E-state index in [1.165, 1.54) is 88.9 Å². The smallest absolute Gasteiger partial charge is 0.337 e. The molecule has 2 aromatic rings. The average molecular weight is 372 g/mol. The zero-order valence-electron chi connectivity index (χ0n) is 17.6. The Balaban J connectivity index is 1.68. The van der Waals surface area contributed by atoms with Crippen LogP contribution in [0, 0.1) is 0 Å². The van der Waals surface area contributed by atoms with E-state index in [1.807, 2.05) is 18.2 Å². The molecule has 0 saturated heterocycles. The van der Waals surface area contributed by atoms with Crippen LogP contribution in [0.5, 0.6) is 0 Å². The molecule has 3 heteroatoms. The number of aromatic nitrogens is 1. The molecule has 0 saturated carbocycles. The standard InChI is InChI=1S/C24H37NO2/c1-4-5-6-7-8-9-10-11-12-13-14-15-22-19-21-18-20(24(26)27-3)16-17-23(21)25(22)2/h16-19H,4-15H2,1-3H3. The molecule has 0 spiro atoms. The van der Waals surface area contributed by atoms with Gasteiger partial charge in [0.1, 0.15) is 0 Å². The molecule has 3 nitrogen and oxygen atoms in total. The fourth-order valence-electron chi connectivity index (χ4n) is 3.86. The van der Waals surface area contributed by atoms with E-state index in [-0.39, 0.29) is 5.97 Å². The summed E-state index contributed by atoms with van der Waals surface area (Å²) in [6.07, 6.45) is 16.2. The van der Waals surface area contributed by atoms with Gasteiger partial charge < -0.3 is 9.30 Å². The first-order valence-electron chi connectivity index (χ1n) is 10.8. The van der Waals surface area contributed by atoms with Gasteiger partial charge in [0.15, 0.2) is 0 Å². The molecule has 1 aromatic heterocycles. The van der Waals surface area contributed by atoms with Gasteiger partial charge >= 0.3 is 5.97 Å². The van der Waals surface area contributed by atoms with Crippen LogP contribution < -0.4 is 0 Å². The number of ether oxygens (including phenoxy) is 1. The van der Waals surface area contributed by atoms with E-state index >= 15 is 0 Å². The number of hydrogen-bond acceptors (Lipinski definition) is 2. The minimum Gasteiger partial charge on any atom is -0.465 e.